The molecule has 0 fully saturated rings. The first-order chi connectivity index (χ1) is 16.5. The first-order valence-corrected chi connectivity index (χ1v) is 10.7. The second-order valence-corrected chi connectivity index (χ2v) is 8.15. The molecule has 1 N–H and O–H groups in total. The van der Waals surface area contributed by atoms with Crippen LogP contribution in [0, 0.1) is 11.3 Å². The molecule has 3 rings (SSSR count). The minimum absolute atomic E-state index is 0.0875. The summed E-state index contributed by atoms with van der Waals surface area (Å²) >= 11 is 5.98. The molecule has 0 saturated carbocycles. The molecule has 11 heteroatoms. The van der Waals surface area contributed by atoms with Crippen molar-refractivity contribution in [3.8, 4) is 17.6 Å². The fourth-order valence-electron chi connectivity index (χ4n) is 3.30. The van der Waals surface area contributed by atoms with Gasteiger partial charge in [0.2, 0.25) is 5.75 Å². The molecule has 0 spiro atoms. The minimum Gasteiger partial charge on any atom is -0.449 e. The van der Waals surface area contributed by atoms with Crippen molar-refractivity contribution in [3.63, 3.8) is 0 Å². The van der Waals surface area contributed by atoms with Gasteiger partial charge in [-0.15, -0.1) is 0 Å². The summed E-state index contributed by atoms with van der Waals surface area (Å²) in [6.07, 6.45) is 1.29. The maximum Gasteiger partial charge on any atom is 0.314 e. The van der Waals surface area contributed by atoms with Gasteiger partial charge in [-0.25, -0.2) is 9.37 Å². The molecular weight excluding hydrogens is 485 g/mol. The third-order valence-electron chi connectivity index (χ3n) is 5.18. The van der Waals surface area contributed by atoms with Gasteiger partial charge in [0.1, 0.15) is 12.4 Å². The van der Waals surface area contributed by atoms with Crippen molar-refractivity contribution in [2.75, 3.05) is 0 Å². The summed E-state index contributed by atoms with van der Waals surface area (Å²) in [7, 11) is 0. The molecule has 3 aromatic rings. The zero-order valence-electron chi connectivity index (χ0n) is 18.8. The van der Waals surface area contributed by atoms with E-state index >= 15 is 0 Å². The van der Waals surface area contributed by atoms with E-state index in [-0.39, 0.29) is 28.4 Å². The quantitative estimate of drug-likeness (QED) is 0.435. The molecule has 2 aromatic heterocycles. The molecule has 0 atom stereocenters. The smallest absolute Gasteiger partial charge is 0.314 e. The van der Waals surface area contributed by atoms with Crippen molar-refractivity contribution < 1.29 is 17.9 Å². The summed E-state index contributed by atoms with van der Waals surface area (Å²) < 4.78 is 49.6. The van der Waals surface area contributed by atoms with Gasteiger partial charge in [-0.05, 0) is 48.7 Å². The van der Waals surface area contributed by atoms with Crippen LogP contribution in [0.5, 0.6) is 11.5 Å². The first kappa shape index (κ1) is 25.8. The van der Waals surface area contributed by atoms with Gasteiger partial charge in [-0.1, -0.05) is 25.1 Å². The third-order valence-corrected chi connectivity index (χ3v) is 5.40. The Morgan fingerprint density at radius 1 is 1.29 bits per heavy atom. The summed E-state index contributed by atoms with van der Waals surface area (Å²) in [6.45, 7) is 4.89. The maximum absolute atomic E-state index is 14.9. The van der Waals surface area contributed by atoms with Crippen LogP contribution in [0.1, 0.15) is 41.9 Å². The number of nitriles is 1. The number of aryl methyl sites for hydroxylation is 1. The number of H-pyrrole nitrogens is 1. The van der Waals surface area contributed by atoms with E-state index in [1.807, 2.05) is 6.07 Å². The van der Waals surface area contributed by atoms with Crippen LogP contribution >= 0.6 is 11.6 Å². The van der Waals surface area contributed by atoms with Crippen molar-refractivity contribution in [2.45, 2.75) is 39.4 Å². The summed E-state index contributed by atoms with van der Waals surface area (Å²) in [5, 5.41) is 9.25. The first-order valence-electron chi connectivity index (χ1n) is 10.3. The van der Waals surface area contributed by atoms with Crippen LogP contribution < -0.4 is 15.9 Å². The lowest BCUT2D eigenvalue weighted by molar-refractivity contribution is 0.0309. The molecule has 35 heavy (non-hydrogen) atoms. The molecule has 0 amide bonds. The predicted molar refractivity (Wildman–Crippen MR) is 124 cm³/mol. The number of aromatic nitrogens is 3. The number of halogens is 4. The number of alkyl halides is 3. The highest BCUT2D eigenvalue weighted by molar-refractivity contribution is 6.30. The van der Waals surface area contributed by atoms with Crippen molar-refractivity contribution >= 4 is 11.6 Å². The maximum atomic E-state index is 14.9. The molecule has 0 aliphatic rings. The summed E-state index contributed by atoms with van der Waals surface area (Å²) in [5.41, 5.74) is -2.29. The lowest BCUT2D eigenvalue weighted by atomic mass is 10.1. The second kappa shape index (κ2) is 10.2. The second-order valence-electron chi connectivity index (χ2n) is 7.71. The van der Waals surface area contributed by atoms with E-state index in [2.05, 4.69) is 16.5 Å². The number of nitrogens with one attached hydrogen (secondary N) is 1. The highest BCUT2D eigenvalue weighted by Crippen LogP contribution is 2.38. The zero-order chi connectivity index (χ0) is 25.9. The van der Waals surface area contributed by atoms with Crippen molar-refractivity contribution in [1.29, 1.82) is 5.26 Å². The number of pyridine rings is 1. The largest absolute Gasteiger partial charge is 0.449 e. The van der Waals surface area contributed by atoms with E-state index in [0.29, 0.717) is 17.7 Å². The van der Waals surface area contributed by atoms with Crippen LogP contribution in [-0.4, -0.2) is 14.5 Å². The van der Waals surface area contributed by atoms with E-state index in [0.717, 1.165) is 17.8 Å². The molecule has 7 nitrogen and oxygen atoms in total. The van der Waals surface area contributed by atoms with E-state index in [9.17, 15) is 22.8 Å². The molecule has 182 valence electrons. The predicted octanol–water partition coefficient (Wildman–Crippen LogP) is 5.00. The summed E-state index contributed by atoms with van der Waals surface area (Å²) in [4.78, 5) is 31.6. The van der Waals surface area contributed by atoms with Gasteiger partial charge in [-0.3, -0.25) is 14.2 Å². The van der Waals surface area contributed by atoms with Crippen LogP contribution in [-0.2, 0) is 25.6 Å². The van der Waals surface area contributed by atoms with Crippen molar-refractivity contribution in [3.05, 3.63) is 96.6 Å². The van der Waals surface area contributed by atoms with E-state index in [1.165, 1.54) is 24.3 Å². The molecule has 0 aliphatic heterocycles. The fourth-order valence-corrected chi connectivity index (χ4v) is 3.53. The number of rotatable bonds is 8. The zero-order valence-corrected chi connectivity index (χ0v) is 19.5. The lowest BCUT2D eigenvalue weighted by Crippen LogP contribution is -2.29. The Balaban J connectivity index is 2.20. The summed E-state index contributed by atoms with van der Waals surface area (Å²) in [6, 6.07) is 7.00. The third kappa shape index (κ3) is 5.30. The van der Waals surface area contributed by atoms with Crippen molar-refractivity contribution in [1.82, 2.24) is 14.5 Å². The number of allylic oxidation sites excluding steroid dienone is 1. The highest BCUT2D eigenvalue weighted by atomic mass is 35.5. The van der Waals surface area contributed by atoms with Gasteiger partial charge in [0.25, 0.3) is 11.1 Å². The number of nitrogens with zero attached hydrogens (tertiary/aromatic N) is 3. The Kier molecular flexibility index (Phi) is 7.51. The minimum atomic E-state index is -3.71. The Morgan fingerprint density at radius 3 is 2.60 bits per heavy atom. The molecule has 0 bridgehead atoms. The Labute approximate surface area is 203 Å². The average molecular weight is 505 g/mol. The van der Waals surface area contributed by atoms with Crippen LogP contribution in [0.25, 0.3) is 0 Å². The topological polar surface area (TPSA) is 101 Å². The molecule has 0 aliphatic carbocycles. The van der Waals surface area contributed by atoms with E-state index in [4.69, 9.17) is 21.6 Å². The highest BCUT2D eigenvalue weighted by Gasteiger charge is 2.39. The standard InChI is InChI=1S/C24H20ClF3N4O3/c1-4-19-16(7-15(9-26)22(33)31-19)11-32-12-30-21(24(27,28)13(2)3)20(23(32)34)35-18-6-14(10-29)5-17(25)8-18/h5-8,12H,2,4,9,11H2,1,3H3,(H,31,33). The normalized spacial score (nSPS) is 11.2. The molecule has 1 aromatic carbocycles. The van der Waals surface area contributed by atoms with Crippen LogP contribution in [0.3, 0.4) is 0 Å². The SMILES string of the molecule is C=C(C)C(F)(F)c1ncn(Cc2cc(CF)c(=O)[nH]c2CC)c(=O)c1Oc1cc(Cl)cc(C#N)c1. The van der Waals surface area contributed by atoms with Crippen LogP contribution in [0.4, 0.5) is 13.2 Å². The number of ether oxygens (including phenoxy) is 1. The van der Waals surface area contributed by atoms with Gasteiger partial charge < -0.3 is 9.72 Å². The van der Waals surface area contributed by atoms with Crippen molar-refractivity contribution in [2.24, 2.45) is 0 Å². The Hall–Kier alpha value is -3.84. The lowest BCUT2D eigenvalue weighted by Gasteiger charge is -2.20. The summed E-state index contributed by atoms with van der Waals surface area (Å²) in [5.74, 6) is -4.62. The molecule has 0 saturated heterocycles. The van der Waals surface area contributed by atoms with Crippen LogP contribution in [0.15, 0.2) is 52.3 Å². The van der Waals surface area contributed by atoms with Gasteiger partial charge in [0, 0.05) is 16.3 Å². The molecule has 0 unspecified atom stereocenters. The van der Waals surface area contributed by atoms with Crippen LogP contribution in [0.2, 0.25) is 5.02 Å². The Bertz CT molecular complexity index is 1460. The Morgan fingerprint density at radius 2 is 2.00 bits per heavy atom. The number of hydrogen-bond acceptors (Lipinski definition) is 5. The molecule has 2 heterocycles. The monoisotopic (exact) mass is 504 g/mol. The molecular formula is C24H20ClF3N4O3. The van der Waals surface area contributed by atoms with E-state index < -0.39 is 40.7 Å². The molecule has 0 radical (unpaired) electrons. The fraction of sp³-hybridized carbons (Fsp3) is 0.250. The van der Waals surface area contributed by atoms with Gasteiger partial charge >= 0.3 is 5.92 Å². The van der Waals surface area contributed by atoms with Gasteiger partial charge in [0.05, 0.1) is 24.5 Å². The van der Waals surface area contributed by atoms with E-state index in [1.54, 1.807) is 6.92 Å². The van der Waals surface area contributed by atoms with Gasteiger partial charge in [-0.2, -0.15) is 14.0 Å². The number of benzene rings is 1. The van der Waals surface area contributed by atoms with Gasteiger partial charge in [0.15, 0.2) is 5.69 Å². The number of hydrogen-bond donors (Lipinski definition) is 1. The number of aromatic amines is 1. The average Bonchev–Trinajstić information content (AvgIpc) is 2.81.